The van der Waals surface area contributed by atoms with Crippen molar-refractivity contribution in [1.82, 2.24) is 4.90 Å². The molecule has 1 aliphatic carbocycles. The summed E-state index contributed by atoms with van der Waals surface area (Å²) in [5.74, 6) is 0.0340. The lowest BCUT2D eigenvalue weighted by Gasteiger charge is -2.27. The molecule has 0 spiro atoms. The summed E-state index contributed by atoms with van der Waals surface area (Å²) in [5.41, 5.74) is 0. The van der Waals surface area contributed by atoms with Gasteiger partial charge in [0.1, 0.15) is 0 Å². The number of hydrogen-bond acceptors (Lipinski definition) is 2. The maximum atomic E-state index is 10.8. The van der Waals surface area contributed by atoms with Crippen molar-refractivity contribution in [1.29, 1.82) is 0 Å². The lowest BCUT2D eigenvalue weighted by molar-refractivity contribution is -0.138. The fourth-order valence-electron chi connectivity index (χ4n) is 2.54. The highest BCUT2D eigenvalue weighted by Gasteiger charge is 2.23. The first-order valence-electron chi connectivity index (χ1n) is 6.55. The second kappa shape index (κ2) is 6.89. The zero-order valence-electron chi connectivity index (χ0n) is 10.6. The highest BCUT2D eigenvalue weighted by molar-refractivity contribution is 5.69. The zero-order chi connectivity index (χ0) is 12.0. The van der Waals surface area contributed by atoms with Gasteiger partial charge in [0, 0.05) is 6.04 Å². The summed E-state index contributed by atoms with van der Waals surface area (Å²) >= 11 is 0. The van der Waals surface area contributed by atoms with Gasteiger partial charge in [0.2, 0.25) is 0 Å². The van der Waals surface area contributed by atoms with Gasteiger partial charge in [-0.25, -0.2) is 0 Å². The van der Waals surface area contributed by atoms with Crippen LogP contribution >= 0.6 is 0 Å². The van der Waals surface area contributed by atoms with E-state index in [0.29, 0.717) is 6.04 Å². The van der Waals surface area contributed by atoms with Crippen LogP contribution in [0.1, 0.15) is 52.4 Å². The number of carbonyl (C=O) groups is 1. The first-order valence-corrected chi connectivity index (χ1v) is 6.55. The molecule has 0 atom stereocenters. The molecule has 3 nitrogen and oxygen atoms in total. The van der Waals surface area contributed by atoms with Gasteiger partial charge in [0.05, 0.1) is 6.54 Å². The number of hydrogen-bond donors (Lipinski definition) is 1. The Kier molecular flexibility index (Phi) is 5.81. The van der Waals surface area contributed by atoms with Crippen LogP contribution in [0.15, 0.2) is 0 Å². The summed E-state index contributed by atoms with van der Waals surface area (Å²) in [4.78, 5) is 13.0. The maximum Gasteiger partial charge on any atom is 0.317 e. The standard InChI is InChI=1S/C13H25NO2/c1-11(2)6-5-9-14(10-13(15)16)12-7-3-4-8-12/h11-12H,3-10H2,1-2H3,(H,15,16). The smallest absolute Gasteiger partial charge is 0.317 e. The maximum absolute atomic E-state index is 10.8. The number of carboxylic acids is 1. The summed E-state index contributed by atoms with van der Waals surface area (Å²) in [6, 6.07) is 0.531. The Bertz CT molecular complexity index is 210. The molecule has 1 aliphatic rings. The highest BCUT2D eigenvalue weighted by atomic mass is 16.4. The fourth-order valence-corrected chi connectivity index (χ4v) is 2.54. The molecule has 16 heavy (non-hydrogen) atoms. The van der Waals surface area contributed by atoms with Crippen molar-refractivity contribution in [2.75, 3.05) is 13.1 Å². The van der Waals surface area contributed by atoms with Crippen molar-refractivity contribution < 1.29 is 9.90 Å². The topological polar surface area (TPSA) is 40.5 Å². The molecule has 3 heteroatoms. The Morgan fingerprint density at radius 2 is 2.00 bits per heavy atom. The molecule has 0 radical (unpaired) electrons. The lowest BCUT2D eigenvalue weighted by atomic mass is 10.1. The molecule has 0 aliphatic heterocycles. The van der Waals surface area contributed by atoms with Crippen molar-refractivity contribution in [2.24, 2.45) is 5.92 Å². The van der Waals surface area contributed by atoms with Gasteiger partial charge >= 0.3 is 5.97 Å². The van der Waals surface area contributed by atoms with Crippen LogP contribution in [0.3, 0.4) is 0 Å². The van der Waals surface area contributed by atoms with Crippen LogP contribution in [0.25, 0.3) is 0 Å². The zero-order valence-corrected chi connectivity index (χ0v) is 10.6. The lowest BCUT2D eigenvalue weighted by Crippen LogP contribution is -2.38. The molecule has 1 N–H and O–H groups in total. The van der Waals surface area contributed by atoms with Gasteiger partial charge in [-0.1, -0.05) is 26.7 Å². The second-order valence-electron chi connectivity index (χ2n) is 5.34. The number of aliphatic carboxylic acids is 1. The molecule has 0 aromatic carbocycles. The summed E-state index contributed by atoms with van der Waals surface area (Å²) in [7, 11) is 0. The fraction of sp³-hybridized carbons (Fsp3) is 0.923. The highest BCUT2D eigenvalue weighted by Crippen LogP contribution is 2.23. The van der Waals surface area contributed by atoms with Gasteiger partial charge < -0.3 is 5.11 Å². The SMILES string of the molecule is CC(C)CCCN(CC(=O)O)C1CCCC1. The summed E-state index contributed by atoms with van der Waals surface area (Å²) < 4.78 is 0. The normalized spacial score (nSPS) is 17.5. The number of rotatable bonds is 7. The molecule has 0 amide bonds. The van der Waals surface area contributed by atoms with E-state index in [0.717, 1.165) is 18.9 Å². The summed E-state index contributed by atoms with van der Waals surface area (Å²) in [6.07, 6.45) is 7.24. The van der Waals surface area contributed by atoms with Crippen LogP contribution in [0.2, 0.25) is 0 Å². The molecular formula is C13H25NO2. The largest absolute Gasteiger partial charge is 0.480 e. The van der Waals surface area contributed by atoms with Gasteiger partial charge in [0.25, 0.3) is 0 Å². The van der Waals surface area contributed by atoms with Crippen molar-refractivity contribution in [3.63, 3.8) is 0 Å². The van der Waals surface area contributed by atoms with E-state index < -0.39 is 5.97 Å². The Morgan fingerprint density at radius 1 is 1.38 bits per heavy atom. The van der Waals surface area contributed by atoms with E-state index in [9.17, 15) is 4.79 Å². The van der Waals surface area contributed by atoms with Gasteiger partial charge in [-0.3, -0.25) is 9.69 Å². The third-order valence-corrected chi connectivity index (χ3v) is 3.41. The van der Waals surface area contributed by atoms with Crippen molar-refractivity contribution >= 4 is 5.97 Å². The van der Waals surface area contributed by atoms with Crippen LogP contribution in [0.5, 0.6) is 0 Å². The van der Waals surface area contributed by atoms with Crippen LogP contribution in [0, 0.1) is 5.92 Å². The molecule has 0 heterocycles. The van der Waals surface area contributed by atoms with Gasteiger partial charge in [-0.15, -0.1) is 0 Å². The molecule has 0 saturated heterocycles. The first kappa shape index (κ1) is 13.5. The molecule has 1 rings (SSSR count). The van der Waals surface area contributed by atoms with Crippen LogP contribution < -0.4 is 0 Å². The van der Waals surface area contributed by atoms with E-state index in [1.165, 1.54) is 32.1 Å². The van der Waals surface area contributed by atoms with Crippen molar-refractivity contribution in [2.45, 2.75) is 58.4 Å². The second-order valence-corrected chi connectivity index (χ2v) is 5.34. The van der Waals surface area contributed by atoms with Crippen molar-refractivity contribution in [3.8, 4) is 0 Å². The van der Waals surface area contributed by atoms with Crippen molar-refractivity contribution in [3.05, 3.63) is 0 Å². The average Bonchev–Trinajstić information content (AvgIpc) is 2.67. The Balaban J connectivity index is 2.34. The van der Waals surface area contributed by atoms with Gasteiger partial charge in [-0.2, -0.15) is 0 Å². The van der Waals surface area contributed by atoms with E-state index in [4.69, 9.17) is 5.11 Å². The Labute approximate surface area is 98.8 Å². The number of nitrogens with zero attached hydrogens (tertiary/aromatic N) is 1. The molecule has 0 aromatic rings. The summed E-state index contributed by atoms with van der Waals surface area (Å²) in [6.45, 7) is 5.62. The predicted molar refractivity (Wildman–Crippen MR) is 65.5 cm³/mol. The van der Waals surface area contributed by atoms with Crippen LogP contribution in [0.4, 0.5) is 0 Å². The minimum Gasteiger partial charge on any atom is -0.480 e. The molecule has 94 valence electrons. The molecule has 0 bridgehead atoms. The Hall–Kier alpha value is -0.570. The van der Waals surface area contributed by atoms with E-state index in [1.54, 1.807) is 0 Å². The first-order chi connectivity index (χ1) is 7.59. The minimum atomic E-state index is -0.684. The monoisotopic (exact) mass is 227 g/mol. The van der Waals surface area contributed by atoms with Gasteiger partial charge in [0.15, 0.2) is 0 Å². The van der Waals surface area contributed by atoms with Crippen LogP contribution in [-0.2, 0) is 4.79 Å². The summed E-state index contributed by atoms with van der Waals surface area (Å²) in [5, 5.41) is 8.91. The molecule has 1 saturated carbocycles. The number of carboxylic acid groups (broad SMARTS) is 1. The third-order valence-electron chi connectivity index (χ3n) is 3.41. The molecular weight excluding hydrogens is 202 g/mol. The van der Waals surface area contributed by atoms with E-state index >= 15 is 0 Å². The molecule has 0 unspecified atom stereocenters. The van der Waals surface area contributed by atoms with E-state index in [2.05, 4.69) is 18.7 Å². The average molecular weight is 227 g/mol. The Morgan fingerprint density at radius 3 is 2.50 bits per heavy atom. The molecule has 0 aromatic heterocycles. The molecule has 1 fully saturated rings. The van der Waals surface area contributed by atoms with E-state index in [-0.39, 0.29) is 6.54 Å². The van der Waals surface area contributed by atoms with Gasteiger partial charge in [-0.05, 0) is 38.1 Å². The quantitative estimate of drug-likeness (QED) is 0.727. The minimum absolute atomic E-state index is 0.225. The third kappa shape index (κ3) is 4.97. The van der Waals surface area contributed by atoms with Crippen LogP contribution in [-0.4, -0.2) is 35.1 Å². The van der Waals surface area contributed by atoms with E-state index in [1.807, 2.05) is 0 Å². The predicted octanol–water partition coefficient (Wildman–Crippen LogP) is 2.75.